The minimum absolute atomic E-state index is 0.145. The fourth-order valence-corrected chi connectivity index (χ4v) is 3.41. The molecule has 2 N–H and O–H groups in total. The van der Waals surface area contributed by atoms with Crippen LogP contribution in [0.15, 0.2) is 0 Å². The molecule has 1 aliphatic rings. The summed E-state index contributed by atoms with van der Waals surface area (Å²) in [7, 11) is -0.650. The number of hydrogen-bond acceptors (Lipinski definition) is 2. The van der Waals surface area contributed by atoms with Gasteiger partial charge in [-0.2, -0.15) is 0 Å². The lowest BCUT2D eigenvalue weighted by Crippen LogP contribution is -2.29. The Morgan fingerprint density at radius 2 is 2.08 bits per heavy atom. The van der Waals surface area contributed by atoms with Crippen LogP contribution in [0.4, 0.5) is 0 Å². The molecule has 0 radical (unpaired) electrons. The molecule has 0 aliphatic heterocycles. The van der Waals surface area contributed by atoms with Gasteiger partial charge in [0.05, 0.1) is 0 Å². The fraction of sp³-hybridized carbons (Fsp3) is 1.00. The van der Waals surface area contributed by atoms with Crippen LogP contribution in [0, 0.1) is 0 Å². The number of hydrogen-bond donors (Lipinski definition) is 1. The van der Waals surface area contributed by atoms with E-state index in [1.165, 1.54) is 12.8 Å². The van der Waals surface area contributed by atoms with Crippen molar-refractivity contribution in [3.05, 3.63) is 0 Å². The smallest absolute Gasteiger partial charge is 0.0389 e. The van der Waals surface area contributed by atoms with E-state index in [2.05, 4.69) is 6.92 Å². The van der Waals surface area contributed by atoms with E-state index in [9.17, 15) is 4.21 Å². The second-order valence-corrected chi connectivity index (χ2v) is 5.38. The first-order valence-electron chi connectivity index (χ1n) is 4.86. The van der Waals surface area contributed by atoms with Gasteiger partial charge < -0.3 is 5.73 Å². The zero-order valence-electron chi connectivity index (χ0n) is 7.79. The van der Waals surface area contributed by atoms with Gasteiger partial charge in [-0.1, -0.05) is 19.8 Å². The van der Waals surface area contributed by atoms with Crippen molar-refractivity contribution in [3.8, 4) is 0 Å². The molecule has 0 heterocycles. The van der Waals surface area contributed by atoms with Gasteiger partial charge in [0, 0.05) is 27.8 Å². The predicted molar refractivity (Wildman–Crippen MR) is 53.5 cm³/mol. The molecular formula is C9H19NOS. The van der Waals surface area contributed by atoms with Gasteiger partial charge in [0.15, 0.2) is 0 Å². The number of nitrogens with two attached hydrogens (primary N) is 1. The first kappa shape index (κ1) is 10.2. The van der Waals surface area contributed by atoms with E-state index < -0.39 is 10.8 Å². The maximum atomic E-state index is 11.6. The molecule has 0 aromatic carbocycles. The maximum absolute atomic E-state index is 11.6. The molecule has 0 aromatic heterocycles. The molecule has 0 aromatic rings. The molecule has 12 heavy (non-hydrogen) atoms. The van der Waals surface area contributed by atoms with Crippen LogP contribution in [0.1, 0.15) is 39.0 Å². The van der Waals surface area contributed by atoms with Crippen LogP contribution in [0.25, 0.3) is 0 Å². The molecule has 72 valence electrons. The molecular weight excluding hydrogens is 170 g/mol. The Hall–Kier alpha value is 0.110. The van der Waals surface area contributed by atoms with Gasteiger partial charge in [0.2, 0.25) is 0 Å². The minimum Gasteiger partial charge on any atom is -0.327 e. The topological polar surface area (TPSA) is 43.1 Å². The Kier molecular flexibility index (Phi) is 4.22. The quantitative estimate of drug-likeness (QED) is 0.726. The van der Waals surface area contributed by atoms with E-state index in [1.54, 1.807) is 0 Å². The van der Waals surface area contributed by atoms with Crippen molar-refractivity contribution in [2.45, 2.75) is 50.3 Å². The lowest BCUT2D eigenvalue weighted by molar-refractivity contribution is 0.650. The zero-order chi connectivity index (χ0) is 8.97. The highest BCUT2D eigenvalue weighted by atomic mass is 32.2. The average molecular weight is 189 g/mol. The third-order valence-corrected chi connectivity index (χ3v) is 4.55. The monoisotopic (exact) mass is 189 g/mol. The molecule has 1 aliphatic carbocycles. The van der Waals surface area contributed by atoms with Crippen molar-refractivity contribution in [3.63, 3.8) is 0 Å². The predicted octanol–water partition coefficient (Wildman–Crippen LogP) is 1.41. The molecule has 0 spiro atoms. The van der Waals surface area contributed by atoms with Crippen LogP contribution in [0.5, 0.6) is 0 Å². The van der Waals surface area contributed by atoms with Crippen molar-refractivity contribution >= 4 is 10.8 Å². The molecule has 2 unspecified atom stereocenters. The first-order chi connectivity index (χ1) is 5.74. The number of rotatable bonds is 4. The minimum atomic E-state index is -0.650. The Balaban J connectivity index is 2.27. The first-order valence-corrected chi connectivity index (χ1v) is 6.25. The van der Waals surface area contributed by atoms with Crippen molar-refractivity contribution < 1.29 is 4.21 Å². The van der Waals surface area contributed by atoms with Gasteiger partial charge in [-0.3, -0.25) is 4.21 Å². The summed E-state index contributed by atoms with van der Waals surface area (Å²) in [6, 6.07) is 0.145. The summed E-state index contributed by atoms with van der Waals surface area (Å²) >= 11 is 0. The second-order valence-electron chi connectivity index (χ2n) is 3.62. The van der Waals surface area contributed by atoms with E-state index in [1.807, 2.05) is 0 Å². The van der Waals surface area contributed by atoms with Gasteiger partial charge in [-0.05, 0) is 19.3 Å². The van der Waals surface area contributed by atoms with Gasteiger partial charge in [-0.25, -0.2) is 0 Å². The molecule has 1 fully saturated rings. The summed E-state index contributed by atoms with van der Waals surface area (Å²) in [4.78, 5) is 0. The van der Waals surface area contributed by atoms with Crippen molar-refractivity contribution in [1.82, 2.24) is 0 Å². The molecule has 2 nitrogen and oxygen atoms in total. The Labute approximate surface area is 77.4 Å². The molecule has 0 saturated heterocycles. The molecule has 1 rings (SSSR count). The van der Waals surface area contributed by atoms with Gasteiger partial charge >= 0.3 is 0 Å². The van der Waals surface area contributed by atoms with E-state index in [0.29, 0.717) is 11.0 Å². The van der Waals surface area contributed by atoms with Crippen LogP contribution < -0.4 is 5.73 Å². The molecule has 2 atom stereocenters. The van der Waals surface area contributed by atoms with Crippen LogP contribution in [0.2, 0.25) is 0 Å². The van der Waals surface area contributed by atoms with E-state index in [0.717, 1.165) is 19.3 Å². The summed E-state index contributed by atoms with van der Waals surface area (Å²) in [5.41, 5.74) is 5.75. The van der Waals surface area contributed by atoms with Crippen molar-refractivity contribution in [2.24, 2.45) is 5.73 Å². The highest BCUT2D eigenvalue weighted by Gasteiger charge is 2.22. The van der Waals surface area contributed by atoms with E-state index in [-0.39, 0.29) is 6.04 Å². The van der Waals surface area contributed by atoms with Crippen molar-refractivity contribution in [2.75, 3.05) is 5.75 Å². The Bertz CT molecular complexity index is 155. The van der Waals surface area contributed by atoms with Crippen LogP contribution in [0.3, 0.4) is 0 Å². The second kappa shape index (κ2) is 4.97. The average Bonchev–Trinajstić information content (AvgIpc) is 2.56. The summed E-state index contributed by atoms with van der Waals surface area (Å²) in [5, 5.41) is 0.461. The summed E-state index contributed by atoms with van der Waals surface area (Å²) in [6.45, 7) is 2.05. The van der Waals surface area contributed by atoms with Gasteiger partial charge in [0.1, 0.15) is 0 Å². The SMILES string of the molecule is CCC(N)CS(=O)C1CCCC1. The lowest BCUT2D eigenvalue weighted by Gasteiger charge is -2.12. The third kappa shape index (κ3) is 2.87. The molecule has 0 bridgehead atoms. The van der Waals surface area contributed by atoms with Gasteiger partial charge in [-0.15, -0.1) is 0 Å². The lowest BCUT2D eigenvalue weighted by atomic mass is 10.3. The van der Waals surface area contributed by atoms with Crippen LogP contribution >= 0.6 is 0 Å². The summed E-state index contributed by atoms with van der Waals surface area (Å²) in [6.07, 6.45) is 5.78. The Morgan fingerprint density at radius 3 is 2.58 bits per heavy atom. The normalized spacial score (nSPS) is 24.2. The van der Waals surface area contributed by atoms with Crippen molar-refractivity contribution in [1.29, 1.82) is 0 Å². The Morgan fingerprint density at radius 1 is 1.50 bits per heavy atom. The third-order valence-electron chi connectivity index (χ3n) is 2.58. The molecule has 1 saturated carbocycles. The maximum Gasteiger partial charge on any atom is 0.0389 e. The summed E-state index contributed by atoms with van der Waals surface area (Å²) in [5.74, 6) is 0.709. The molecule has 0 amide bonds. The van der Waals surface area contributed by atoms with Gasteiger partial charge in [0.25, 0.3) is 0 Å². The highest BCUT2D eigenvalue weighted by Crippen LogP contribution is 2.23. The van der Waals surface area contributed by atoms with E-state index in [4.69, 9.17) is 5.73 Å². The zero-order valence-corrected chi connectivity index (χ0v) is 8.61. The molecule has 3 heteroatoms. The van der Waals surface area contributed by atoms with E-state index >= 15 is 0 Å². The summed E-state index contributed by atoms with van der Waals surface area (Å²) < 4.78 is 11.6. The largest absolute Gasteiger partial charge is 0.327 e. The highest BCUT2D eigenvalue weighted by molar-refractivity contribution is 7.85. The fourth-order valence-electron chi connectivity index (χ4n) is 1.62. The van der Waals surface area contributed by atoms with Crippen LogP contribution in [-0.2, 0) is 10.8 Å². The standard InChI is InChI=1S/C9H19NOS/c1-2-8(10)7-12(11)9-5-3-4-6-9/h8-9H,2-7,10H2,1H3. The van der Waals surface area contributed by atoms with Crippen LogP contribution in [-0.4, -0.2) is 21.3 Å².